The zero-order valence-electron chi connectivity index (χ0n) is 30.0. The molecule has 0 unspecified atom stereocenters. The summed E-state index contributed by atoms with van der Waals surface area (Å²) in [5.74, 6) is 0. The van der Waals surface area contributed by atoms with Crippen molar-refractivity contribution in [3.8, 4) is 44.5 Å². The average Bonchev–Trinajstić information content (AvgIpc) is 3.57. The number of rotatable bonds is 2. The second kappa shape index (κ2) is 10.3. The molecule has 0 spiro atoms. The van der Waals surface area contributed by atoms with Crippen LogP contribution in [0.4, 0.5) is 0 Å². The van der Waals surface area contributed by atoms with E-state index in [9.17, 15) is 0 Å². The Labute approximate surface area is 305 Å². The summed E-state index contributed by atoms with van der Waals surface area (Å²) in [6.45, 7) is 9.64. The Kier molecular flexibility index (Phi) is 5.89. The van der Waals surface area contributed by atoms with E-state index in [1.165, 1.54) is 110 Å². The molecule has 246 valence electrons. The molecule has 52 heavy (non-hydrogen) atoms. The van der Waals surface area contributed by atoms with E-state index in [0.717, 1.165) is 0 Å². The number of hydrogen-bond donors (Lipinski definition) is 0. The maximum absolute atomic E-state index is 2.49. The molecule has 11 rings (SSSR count). The molecule has 0 saturated carbocycles. The van der Waals surface area contributed by atoms with Crippen molar-refractivity contribution >= 4 is 43.1 Å². The van der Waals surface area contributed by atoms with Gasteiger partial charge in [-0.25, -0.2) is 0 Å². The highest BCUT2D eigenvalue weighted by atomic mass is 14.4. The van der Waals surface area contributed by atoms with E-state index in [1.54, 1.807) is 0 Å². The van der Waals surface area contributed by atoms with Crippen molar-refractivity contribution in [2.24, 2.45) is 0 Å². The molecule has 9 aromatic carbocycles. The van der Waals surface area contributed by atoms with Gasteiger partial charge in [0.2, 0.25) is 0 Å². The standard InChI is InChI=1S/C52H38/c1-51(2)45-21-13-11-19-35(45)39-25-23-37-41-27-34-30-44(32-17-9-6-10-18-32)48-38(24-26-40-36-20-12-14-22-46(36)52(3,4)50(40)48)42(34)28-33(41)29-43(47(37)49(39)51)31-15-7-5-8-16-31/h5-30H,1-4H3. The lowest BCUT2D eigenvalue weighted by atomic mass is 9.77. The van der Waals surface area contributed by atoms with Gasteiger partial charge in [-0.15, -0.1) is 0 Å². The van der Waals surface area contributed by atoms with Crippen LogP contribution in [-0.2, 0) is 10.8 Å². The molecule has 0 atom stereocenters. The SMILES string of the molecule is CC1(C)c2ccccc2-c2ccc3c(c(-c4ccccc4)cc4cc5c(cc(-c6ccccc6)c6c7c(ccc65)-c5ccccc5C7(C)C)cc43)c21. The maximum Gasteiger partial charge on any atom is 0.0165 e. The summed E-state index contributed by atoms with van der Waals surface area (Å²) in [4.78, 5) is 0. The summed E-state index contributed by atoms with van der Waals surface area (Å²) in [6.07, 6.45) is 0. The summed E-state index contributed by atoms with van der Waals surface area (Å²) >= 11 is 0. The van der Waals surface area contributed by atoms with E-state index in [0.29, 0.717) is 0 Å². The highest BCUT2D eigenvalue weighted by Crippen LogP contribution is 2.56. The molecular formula is C52H38. The van der Waals surface area contributed by atoms with Gasteiger partial charge in [0.05, 0.1) is 0 Å². The van der Waals surface area contributed by atoms with Crippen LogP contribution in [0.2, 0.25) is 0 Å². The Morgan fingerprint density at radius 2 is 0.692 bits per heavy atom. The van der Waals surface area contributed by atoms with E-state index < -0.39 is 0 Å². The molecule has 9 aromatic rings. The van der Waals surface area contributed by atoms with Crippen molar-refractivity contribution in [3.05, 3.63) is 180 Å². The fourth-order valence-corrected chi connectivity index (χ4v) is 10.2. The van der Waals surface area contributed by atoms with Gasteiger partial charge in [0.1, 0.15) is 0 Å². The number of hydrogen-bond acceptors (Lipinski definition) is 0. The van der Waals surface area contributed by atoms with Crippen LogP contribution in [0.15, 0.2) is 158 Å². The molecule has 0 amide bonds. The van der Waals surface area contributed by atoms with E-state index in [1.807, 2.05) is 0 Å². The predicted octanol–water partition coefficient (Wildman–Crippen LogP) is 14.2. The van der Waals surface area contributed by atoms with Gasteiger partial charge in [-0.1, -0.05) is 161 Å². The smallest absolute Gasteiger partial charge is 0.0165 e. The summed E-state index contributed by atoms with van der Waals surface area (Å²) in [5.41, 5.74) is 16.0. The van der Waals surface area contributed by atoms with E-state index in [-0.39, 0.29) is 10.8 Å². The van der Waals surface area contributed by atoms with Crippen LogP contribution in [-0.4, -0.2) is 0 Å². The van der Waals surface area contributed by atoms with Gasteiger partial charge in [-0.2, -0.15) is 0 Å². The molecular weight excluding hydrogens is 625 g/mol. The minimum Gasteiger partial charge on any atom is -0.0622 e. The van der Waals surface area contributed by atoms with Crippen LogP contribution < -0.4 is 0 Å². The van der Waals surface area contributed by atoms with Gasteiger partial charge in [-0.05, 0) is 134 Å². The topological polar surface area (TPSA) is 0 Å². The fourth-order valence-electron chi connectivity index (χ4n) is 10.2. The summed E-state index contributed by atoms with van der Waals surface area (Å²) in [5, 5.41) is 10.6. The monoisotopic (exact) mass is 662 g/mol. The Balaban J connectivity index is 1.29. The molecule has 0 N–H and O–H groups in total. The fraction of sp³-hybridized carbons (Fsp3) is 0.115. The first-order valence-electron chi connectivity index (χ1n) is 18.6. The van der Waals surface area contributed by atoms with Gasteiger partial charge >= 0.3 is 0 Å². The predicted molar refractivity (Wildman–Crippen MR) is 222 cm³/mol. The van der Waals surface area contributed by atoms with Crippen molar-refractivity contribution in [1.82, 2.24) is 0 Å². The van der Waals surface area contributed by atoms with Gasteiger partial charge in [0, 0.05) is 10.8 Å². The number of benzene rings is 9. The van der Waals surface area contributed by atoms with Gasteiger partial charge < -0.3 is 0 Å². The third kappa shape index (κ3) is 3.82. The lowest BCUT2D eigenvalue weighted by Crippen LogP contribution is -2.16. The quantitative estimate of drug-likeness (QED) is 0.128. The minimum atomic E-state index is -0.124. The second-order valence-electron chi connectivity index (χ2n) is 16.0. The highest BCUT2D eigenvalue weighted by molar-refractivity contribution is 6.24. The van der Waals surface area contributed by atoms with Gasteiger partial charge in [-0.3, -0.25) is 0 Å². The summed E-state index contributed by atoms with van der Waals surface area (Å²) in [6, 6.07) is 59.6. The van der Waals surface area contributed by atoms with E-state index in [4.69, 9.17) is 0 Å². The lowest BCUT2D eigenvalue weighted by Gasteiger charge is -2.26. The van der Waals surface area contributed by atoms with Crippen LogP contribution in [0.3, 0.4) is 0 Å². The van der Waals surface area contributed by atoms with Gasteiger partial charge in [0.15, 0.2) is 0 Å². The summed E-state index contributed by atoms with van der Waals surface area (Å²) < 4.78 is 0. The lowest BCUT2D eigenvalue weighted by molar-refractivity contribution is 0.666. The van der Waals surface area contributed by atoms with Gasteiger partial charge in [0.25, 0.3) is 0 Å². The van der Waals surface area contributed by atoms with Crippen molar-refractivity contribution in [2.75, 3.05) is 0 Å². The molecule has 2 aliphatic rings. The molecule has 0 radical (unpaired) electrons. The average molecular weight is 663 g/mol. The zero-order chi connectivity index (χ0) is 34.9. The van der Waals surface area contributed by atoms with Crippen LogP contribution in [0.1, 0.15) is 49.9 Å². The Bertz CT molecular complexity index is 2770. The van der Waals surface area contributed by atoms with Crippen LogP contribution in [0, 0.1) is 0 Å². The molecule has 0 fully saturated rings. The normalized spacial score (nSPS) is 14.8. The van der Waals surface area contributed by atoms with Crippen molar-refractivity contribution in [3.63, 3.8) is 0 Å². The Morgan fingerprint density at radius 3 is 1.12 bits per heavy atom. The molecule has 0 aliphatic heterocycles. The second-order valence-corrected chi connectivity index (χ2v) is 16.0. The van der Waals surface area contributed by atoms with Crippen LogP contribution >= 0.6 is 0 Å². The Hall–Kier alpha value is -5.98. The maximum atomic E-state index is 2.49. The molecule has 0 heterocycles. The summed E-state index contributed by atoms with van der Waals surface area (Å²) in [7, 11) is 0. The van der Waals surface area contributed by atoms with E-state index in [2.05, 4.69) is 185 Å². The largest absolute Gasteiger partial charge is 0.0622 e. The highest BCUT2D eigenvalue weighted by Gasteiger charge is 2.39. The first-order chi connectivity index (χ1) is 25.3. The first kappa shape index (κ1) is 29.7. The molecule has 0 aromatic heterocycles. The molecule has 0 heteroatoms. The molecule has 0 saturated heterocycles. The van der Waals surface area contributed by atoms with Crippen molar-refractivity contribution in [2.45, 2.75) is 38.5 Å². The van der Waals surface area contributed by atoms with Crippen molar-refractivity contribution in [1.29, 1.82) is 0 Å². The molecule has 0 nitrogen and oxygen atoms in total. The van der Waals surface area contributed by atoms with Crippen LogP contribution in [0.5, 0.6) is 0 Å². The van der Waals surface area contributed by atoms with Crippen LogP contribution in [0.25, 0.3) is 87.6 Å². The number of fused-ring (bicyclic) bond motifs is 14. The third-order valence-electron chi connectivity index (χ3n) is 12.6. The zero-order valence-corrected chi connectivity index (χ0v) is 30.0. The van der Waals surface area contributed by atoms with E-state index >= 15 is 0 Å². The van der Waals surface area contributed by atoms with Crippen molar-refractivity contribution < 1.29 is 0 Å². The minimum absolute atomic E-state index is 0.124. The Morgan fingerprint density at radius 1 is 0.308 bits per heavy atom. The molecule has 2 aliphatic carbocycles. The molecule has 0 bridgehead atoms. The third-order valence-corrected chi connectivity index (χ3v) is 12.6. The first-order valence-corrected chi connectivity index (χ1v) is 18.6.